The number of halogens is 1. The first kappa shape index (κ1) is 10.2. The highest BCUT2D eigenvalue weighted by Crippen LogP contribution is 2.08. The van der Waals surface area contributed by atoms with Crippen LogP contribution in [0.2, 0.25) is 13.1 Å². The average molecular weight is 194 g/mol. The Hall–Kier alpha value is -0.893. The Kier molecular flexibility index (Phi) is 3.43. The summed E-state index contributed by atoms with van der Waals surface area (Å²) in [5, 5.41) is 0. The molecule has 0 saturated carbocycles. The lowest BCUT2D eigenvalue weighted by atomic mass is 10.2. The summed E-state index contributed by atoms with van der Waals surface area (Å²) in [4.78, 5) is 0. The van der Waals surface area contributed by atoms with Crippen molar-refractivity contribution in [2.24, 2.45) is 0 Å². The van der Waals surface area contributed by atoms with Gasteiger partial charge in [0.2, 0.25) is 0 Å². The topological polar surface area (TPSA) is 0 Å². The third kappa shape index (κ3) is 3.55. The van der Waals surface area contributed by atoms with Crippen molar-refractivity contribution in [3.8, 4) is 0 Å². The smallest absolute Gasteiger partial charge is 0.107 e. The molecule has 0 N–H and O–H groups in total. The molecule has 0 unspecified atom stereocenters. The maximum absolute atomic E-state index is 12.5. The normalized spacial score (nSPS) is 12.2. The fourth-order valence-corrected chi connectivity index (χ4v) is 1.66. The Morgan fingerprint density at radius 3 is 2.38 bits per heavy atom. The fourth-order valence-electron chi connectivity index (χ4n) is 0.931. The predicted octanol–water partition coefficient (Wildman–Crippen LogP) is 3.46. The quantitative estimate of drug-likeness (QED) is 0.646. The predicted molar refractivity (Wildman–Crippen MR) is 58.9 cm³/mol. The van der Waals surface area contributed by atoms with E-state index in [9.17, 15) is 4.39 Å². The number of benzene rings is 1. The zero-order valence-electron chi connectivity index (χ0n) is 8.13. The second kappa shape index (κ2) is 4.37. The molecule has 2 heteroatoms. The number of hydrogen-bond donors (Lipinski definition) is 0. The van der Waals surface area contributed by atoms with E-state index >= 15 is 0 Å². The molecule has 0 saturated heterocycles. The summed E-state index contributed by atoms with van der Waals surface area (Å²) in [6.45, 7) is 4.04. The highest BCUT2D eigenvalue weighted by atomic mass is 28.3. The van der Waals surface area contributed by atoms with Gasteiger partial charge in [0.25, 0.3) is 0 Å². The summed E-state index contributed by atoms with van der Waals surface area (Å²) in [6.07, 6.45) is 1.84. The molecule has 0 atom stereocenters. The maximum Gasteiger partial charge on any atom is 0.107 e. The molecule has 0 aliphatic heterocycles. The van der Waals surface area contributed by atoms with Crippen molar-refractivity contribution in [1.29, 1.82) is 0 Å². The van der Waals surface area contributed by atoms with Crippen LogP contribution in [0.3, 0.4) is 0 Å². The highest BCUT2D eigenvalue weighted by Gasteiger charge is 2.15. The third-order valence-electron chi connectivity index (χ3n) is 1.87. The van der Waals surface area contributed by atoms with E-state index in [2.05, 4.69) is 0 Å². The average Bonchev–Trinajstić information content (AvgIpc) is 2.17. The van der Waals surface area contributed by atoms with Crippen molar-refractivity contribution in [3.63, 3.8) is 0 Å². The van der Waals surface area contributed by atoms with Gasteiger partial charge in [-0.1, -0.05) is 55.2 Å². The molecule has 0 spiro atoms. The molecule has 0 amide bonds. The van der Waals surface area contributed by atoms with Crippen molar-refractivity contribution in [2.45, 2.75) is 13.1 Å². The van der Waals surface area contributed by atoms with Crippen LogP contribution in [0.5, 0.6) is 0 Å². The van der Waals surface area contributed by atoms with Crippen LogP contribution in [0.15, 0.2) is 36.0 Å². The minimum absolute atomic E-state index is 0.184. The van der Waals surface area contributed by atoms with E-state index in [1.165, 1.54) is 0 Å². The Labute approximate surface area is 80.1 Å². The van der Waals surface area contributed by atoms with E-state index < -0.39 is 8.07 Å². The fraction of sp³-hybridized carbons (Fsp3) is 0.273. The Balaban J connectivity index is 2.69. The van der Waals surface area contributed by atoms with Crippen LogP contribution >= 0.6 is 0 Å². The van der Waals surface area contributed by atoms with Crippen LogP contribution < -0.4 is 0 Å². The van der Waals surface area contributed by atoms with Gasteiger partial charge in [-0.3, -0.25) is 4.39 Å². The van der Waals surface area contributed by atoms with Gasteiger partial charge in [0.05, 0.1) is 6.30 Å². The van der Waals surface area contributed by atoms with E-state index in [0.717, 1.165) is 5.56 Å². The summed E-state index contributed by atoms with van der Waals surface area (Å²) in [5.74, 6) is 0. The molecule has 0 aliphatic carbocycles. The Morgan fingerprint density at radius 1 is 1.23 bits per heavy atom. The summed E-state index contributed by atoms with van der Waals surface area (Å²) in [5.41, 5.74) is 3.19. The first-order chi connectivity index (χ1) is 6.14. The lowest BCUT2D eigenvalue weighted by Gasteiger charge is -2.10. The molecule has 13 heavy (non-hydrogen) atoms. The molecule has 1 aromatic rings. The maximum atomic E-state index is 12.5. The second-order valence-corrected chi connectivity index (χ2v) is 8.44. The molecule has 70 valence electrons. The monoisotopic (exact) mass is 194 g/mol. The van der Waals surface area contributed by atoms with Gasteiger partial charge in [-0.15, -0.1) is 0 Å². The van der Waals surface area contributed by atoms with Gasteiger partial charge in [0.1, 0.15) is 8.07 Å². The molecule has 0 fully saturated rings. The van der Waals surface area contributed by atoms with Crippen LogP contribution in [-0.4, -0.2) is 14.4 Å². The molecular formula is C11H15FSi. The summed E-state index contributed by atoms with van der Waals surface area (Å²) >= 11 is 0. The van der Waals surface area contributed by atoms with E-state index in [-0.39, 0.29) is 6.30 Å². The number of rotatable bonds is 3. The third-order valence-corrected chi connectivity index (χ3v) is 3.63. The highest BCUT2D eigenvalue weighted by molar-refractivity contribution is 6.82. The van der Waals surface area contributed by atoms with Crippen molar-refractivity contribution in [2.75, 3.05) is 6.30 Å². The Bertz CT molecular complexity index is 277. The lowest BCUT2D eigenvalue weighted by molar-refractivity contribution is 0.584. The first-order valence-electron chi connectivity index (χ1n) is 4.44. The van der Waals surface area contributed by atoms with E-state index in [4.69, 9.17) is 0 Å². The first-order valence-corrected chi connectivity index (χ1v) is 7.73. The van der Waals surface area contributed by atoms with Crippen molar-refractivity contribution in [1.82, 2.24) is 0 Å². The van der Waals surface area contributed by atoms with Crippen LogP contribution in [-0.2, 0) is 0 Å². The standard InChI is InChI=1S/C11H15FSi/c1-13(2,10-12)9-8-11-6-4-3-5-7-11/h3-9H,10H2,1-2H3. The van der Waals surface area contributed by atoms with Crippen LogP contribution in [0.1, 0.15) is 5.56 Å². The minimum atomic E-state index is -1.71. The molecule has 0 aliphatic rings. The molecule has 1 rings (SSSR count). The summed E-state index contributed by atoms with van der Waals surface area (Å²) in [6, 6.07) is 10.0. The largest absolute Gasteiger partial charge is 0.255 e. The molecule has 0 radical (unpaired) electrons. The van der Waals surface area contributed by atoms with Gasteiger partial charge in [-0.25, -0.2) is 0 Å². The SMILES string of the molecule is C[Si](C)(C=Cc1ccccc1)CF. The van der Waals surface area contributed by atoms with E-state index in [0.29, 0.717) is 0 Å². The Morgan fingerprint density at radius 2 is 1.85 bits per heavy atom. The van der Waals surface area contributed by atoms with Crippen molar-refractivity contribution < 1.29 is 4.39 Å². The lowest BCUT2D eigenvalue weighted by Crippen LogP contribution is -2.25. The molecule has 0 aromatic heterocycles. The molecule has 0 heterocycles. The zero-order valence-corrected chi connectivity index (χ0v) is 9.13. The van der Waals surface area contributed by atoms with Gasteiger partial charge in [0.15, 0.2) is 0 Å². The van der Waals surface area contributed by atoms with Crippen LogP contribution in [0.25, 0.3) is 6.08 Å². The molecule has 0 nitrogen and oxygen atoms in total. The van der Waals surface area contributed by atoms with Crippen LogP contribution in [0, 0.1) is 0 Å². The number of alkyl halides is 1. The molecule has 1 aromatic carbocycles. The van der Waals surface area contributed by atoms with Crippen molar-refractivity contribution in [3.05, 3.63) is 41.6 Å². The van der Waals surface area contributed by atoms with Crippen molar-refractivity contribution >= 4 is 14.1 Å². The van der Waals surface area contributed by atoms with Crippen LogP contribution in [0.4, 0.5) is 4.39 Å². The van der Waals surface area contributed by atoms with E-state index in [1.807, 2.05) is 55.2 Å². The summed E-state index contributed by atoms with van der Waals surface area (Å²) in [7, 11) is -1.71. The van der Waals surface area contributed by atoms with Gasteiger partial charge < -0.3 is 0 Å². The second-order valence-electron chi connectivity index (χ2n) is 3.87. The van der Waals surface area contributed by atoms with E-state index in [1.54, 1.807) is 0 Å². The molecular weight excluding hydrogens is 179 g/mol. The number of hydrogen-bond acceptors (Lipinski definition) is 0. The zero-order chi connectivity index (χ0) is 9.73. The van der Waals surface area contributed by atoms with Gasteiger partial charge in [0, 0.05) is 0 Å². The van der Waals surface area contributed by atoms with Gasteiger partial charge in [-0.2, -0.15) is 0 Å². The summed E-state index contributed by atoms with van der Waals surface area (Å²) < 4.78 is 12.5. The molecule has 0 bridgehead atoms. The van der Waals surface area contributed by atoms with Gasteiger partial charge >= 0.3 is 0 Å². The minimum Gasteiger partial charge on any atom is -0.255 e. The van der Waals surface area contributed by atoms with Gasteiger partial charge in [-0.05, 0) is 5.56 Å².